The number of para-hydroxylation sites is 1. The van der Waals surface area contributed by atoms with Crippen LogP contribution in [-0.4, -0.2) is 173 Å². The van der Waals surface area contributed by atoms with Crippen molar-refractivity contribution in [3.63, 3.8) is 0 Å². The normalized spacial score (nSPS) is 18.4. The molecule has 4 aliphatic heterocycles. The molecule has 3 fully saturated rings. The van der Waals surface area contributed by atoms with Crippen molar-refractivity contribution >= 4 is 58.0 Å². The summed E-state index contributed by atoms with van der Waals surface area (Å²) in [5.41, 5.74) is 9.45. The van der Waals surface area contributed by atoms with Crippen LogP contribution in [-0.2, 0) is 33.4 Å². The lowest BCUT2D eigenvalue weighted by molar-refractivity contribution is -0.138. The fraction of sp³-hybridized carbons (Fsp3) is 0.431. The van der Waals surface area contributed by atoms with Crippen LogP contribution in [0.5, 0.6) is 11.5 Å². The summed E-state index contributed by atoms with van der Waals surface area (Å²) in [5.74, 6) is -0.392. The number of anilines is 2. The van der Waals surface area contributed by atoms with Crippen LogP contribution < -0.4 is 21.1 Å². The third kappa shape index (κ3) is 11.5. The summed E-state index contributed by atoms with van der Waals surface area (Å²) in [6.07, 6.45) is 4.43. The number of carbonyl (C=O) groups is 6. The molecule has 0 bridgehead atoms. The minimum Gasteiger partial charge on any atom is -0.457 e. The molecule has 4 N–H and O–H groups in total. The van der Waals surface area contributed by atoms with Crippen LogP contribution in [0.15, 0.2) is 79.1 Å². The van der Waals surface area contributed by atoms with E-state index in [-0.39, 0.29) is 55.0 Å². The van der Waals surface area contributed by atoms with E-state index in [1.807, 2.05) is 69.1 Å². The van der Waals surface area contributed by atoms with Crippen LogP contribution in [0.2, 0.25) is 0 Å². The summed E-state index contributed by atoms with van der Waals surface area (Å²) >= 11 is 0. The maximum absolute atomic E-state index is 13.6. The fourth-order valence-electron chi connectivity index (χ4n) is 9.58. The molecule has 5 aromatic rings. The molecule has 0 spiro atoms. The Morgan fingerprint density at radius 1 is 0.764 bits per heavy atom. The van der Waals surface area contributed by atoms with Gasteiger partial charge in [-0.3, -0.25) is 43.9 Å². The number of likely N-dealkylation sites (tertiary alicyclic amines) is 1. The molecule has 2 atom stereocenters. The first-order valence-electron chi connectivity index (χ1n) is 24.5. The number of hydrogen-bond donors (Lipinski definition) is 3. The van der Waals surface area contributed by atoms with Crippen LogP contribution in [0, 0.1) is 0 Å². The number of piperidine rings is 2. The van der Waals surface area contributed by atoms with Crippen molar-refractivity contribution in [3.8, 4) is 22.8 Å². The first-order chi connectivity index (χ1) is 35.1. The topological polar surface area (TPSA) is 246 Å². The average molecular weight is 986 g/mol. The second-order valence-electron chi connectivity index (χ2n) is 18.0. The predicted octanol–water partition coefficient (Wildman–Crippen LogP) is 3.52. The number of amides is 6. The van der Waals surface area contributed by atoms with E-state index < -0.39 is 29.7 Å². The van der Waals surface area contributed by atoms with Crippen LogP contribution >= 0.6 is 0 Å². The van der Waals surface area contributed by atoms with Gasteiger partial charge in [0.25, 0.3) is 11.8 Å². The number of carbonyl (C=O) groups excluding carboxylic acids is 6. The number of ether oxygens (including phenoxy) is 4. The monoisotopic (exact) mass is 985 g/mol. The molecule has 21 nitrogen and oxygen atoms in total. The molecule has 3 saturated heterocycles. The first-order valence-corrected chi connectivity index (χ1v) is 24.5. The number of piperazine rings is 1. The van der Waals surface area contributed by atoms with Crippen molar-refractivity contribution < 1.29 is 47.7 Å². The molecule has 9 rings (SSSR count). The van der Waals surface area contributed by atoms with Gasteiger partial charge in [0.15, 0.2) is 5.65 Å². The smallest absolute Gasteiger partial charge is 0.264 e. The lowest BCUT2D eigenvalue weighted by Crippen LogP contribution is -2.54. The summed E-state index contributed by atoms with van der Waals surface area (Å²) in [6, 6.07) is 21.1. The second kappa shape index (κ2) is 23.3. The van der Waals surface area contributed by atoms with Gasteiger partial charge in [-0.15, -0.1) is 0 Å². The Labute approximate surface area is 415 Å². The second-order valence-corrected chi connectivity index (χ2v) is 18.0. The molecule has 3 aromatic carbocycles. The standard InChI is InChI=1S/C51H59N11O10/c52-47-45-46(34-13-15-37(16-14-34)72-36-8-2-1-3-9-36)57-62(48(45)55-33-54-47)35-7-5-21-60(31-35)42(64)12-6-20-58-22-24-59(25-23-58)43(65)32-71-30-29-70-28-27-69-26-19-53-39-11-4-10-38-44(39)51(68)61(50(38)67)40-17-18-41(63)56-49(40)66/h1-4,8-11,13-16,33,35,40,53H,5-7,12,17-32H2,(H2,52,54,55)(H,56,63,66)/t35-,40?/m1/s1. The van der Waals surface area contributed by atoms with Crippen molar-refractivity contribution in [2.24, 2.45) is 0 Å². The zero-order chi connectivity index (χ0) is 50.0. The summed E-state index contributed by atoms with van der Waals surface area (Å²) in [6.45, 7) is 6.40. The number of benzene rings is 3. The zero-order valence-corrected chi connectivity index (χ0v) is 40.0. The van der Waals surface area contributed by atoms with Gasteiger partial charge in [-0.2, -0.15) is 5.10 Å². The maximum Gasteiger partial charge on any atom is 0.264 e. The van der Waals surface area contributed by atoms with E-state index in [1.54, 1.807) is 18.2 Å². The Bertz CT molecular complexity index is 2760. The van der Waals surface area contributed by atoms with E-state index in [4.69, 9.17) is 29.8 Å². The molecule has 2 aromatic heterocycles. The van der Waals surface area contributed by atoms with Crippen LogP contribution in [0.25, 0.3) is 22.3 Å². The van der Waals surface area contributed by atoms with Gasteiger partial charge in [0.2, 0.25) is 23.6 Å². The fourth-order valence-corrected chi connectivity index (χ4v) is 9.58. The summed E-state index contributed by atoms with van der Waals surface area (Å²) in [5, 5.41) is 11.1. The minimum atomic E-state index is -1.03. The molecule has 0 radical (unpaired) electrons. The third-order valence-electron chi connectivity index (χ3n) is 13.3. The van der Waals surface area contributed by atoms with Gasteiger partial charge in [0.05, 0.1) is 55.6 Å². The number of nitrogens with zero attached hydrogens (tertiary/aromatic N) is 8. The van der Waals surface area contributed by atoms with E-state index in [0.29, 0.717) is 99.6 Å². The molecular weight excluding hydrogens is 927 g/mol. The summed E-state index contributed by atoms with van der Waals surface area (Å²) < 4.78 is 24.7. The lowest BCUT2D eigenvalue weighted by atomic mass is 10.0. The summed E-state index contributed by atoms with van der Waals surface area (Å²) in [7, 11) is 0. The third-order valence-corrected chi connectivity index (χ3v) is 13.3. The molecule has 1 unspecified atom stereocenters. The van der Waals surface area contributed by atoms with E-state index in [2.05, 4.69) is 25.5 Å². The Balaban J connectivity index is 0.626. The first kappa shape index (κ1) is 49.6. The molecule has 21 heteroatoms. The number of nitrogens with two attached hydrogens (primary N) is 1. The SMILES string of the molecule is Nc1ncnc2c1c(-c1ccc(Oc3ccccc3)cc1)nn2[C@@H]1CCCN(C(=O)CCCN2CCN(C(=O)COCCOCCOCCNc3cccc4c3C(=O)N(C3CCC(=O)NC3=O)C4=O)CC2)C1. The highest BCUT2D eigenvalue weighted by Gasteiger charge is 2.45. The zero-order valence-electron chi connectivity index (χ0n) is 40.0. The predicted molar refractivity (Wildman–Crippen MR) is 263 cm³/mol. The number of rotatable bonds is 21. The van der Waals surface area contributed by atoms with Gasteiger partial charge in [0, 0.05) is 69.9 Å². The highest BCUT2D eigenvalue weighted by molar-refractivity contribution is 6.25. The van der Waals surface area contributed by atoms with Crippen molar-refractivity contribution in [1.29, 1.82) is 0 Å². The van der Waals surface area contributed by atoms with Crippen molar-refractivity contribution in [2.45, 2.75) is 50.6 Å². The molecule has 0 aliphatic carbocycles. The average Bonchev–Trinajstić information content (AvgIpc) is 3.91. The van der Waals surface area contributed by atoms with E-state index in [0.717, 1.165) is 55.1 Å². The number of imide groups is 2. The Morgan fingerprint density at radius 2 is 1.51 bits per heavy atom. The Kier molecular flexibility index (Phi) is 16.0. The molecule has 4 aliphatic rings. The van der Waals surface area contributed by atoms with Gasteiger partial charge in [-0.25, -0.2) is 14.6 Å². The molecular formula is C51H59N11O10. The molecule has 6 amide bonds. The minimum absolute atomic E-state index is 0.0346. The van der Waals surface area contributed by atoms with Gasteiger partial charge < -0.3 is 39.8 Å². The largest absolute Gasteiger partial charge is 0.457 e. The molecule has 378 valence electrons. The van der Waals surface area contributed by atoms with E-state index in [9.17, 15) is 28.8 Å². The van der Waals surface area contributed by atoms with Gasteiger partial charge in [0.1, 0.15) is 42.0 Å². The van der Waals surface area contributed by atoms with Gasteiger partial charge >= 0.3 is 0 Å². The Morgan fingerprint density at radius 3 is 2.29 bits per heavy atom. The van der Waals surface area contributed by atoms with Crippen LogP contribution in [0.1, 0.15) is 65.3 Å². The molecule has 72 heavy (non-hydrogen) atoms. The number of aromatic nitrogens is 4. The number of hydrogen-bond acceptors (Lipinski definition) is 16. The van der Waals surface area contributed by atoms with E-state index in [1.165, 1.54) is 6.33 Å². The Hall–Kier alpha value is -7.33. The van der Waals surface area contributed by atoms with Crippen LogP contribution in [0.4, 0.5) is 11.5 Å². The highest BCUT2D eigenvalue weighted by Crippen LogP contribution is 2.36. The van der Waals surface area contributed by atoms with Gasteiger partial charge in [-0.05, 0) is 80.8 Å². The van der Waals surface area contributed by atoms with Gasteiger partial charge in [-0.1, -0.05) is 24.3 Å². The highest BCUT2D eigenvalue weighted by atomic mass is 16.5. The van der Waals surface area contributed by atoms with E-state index >= 15 is 0 Å². The van der Waals surface area contributed by atoms with Crippen molar-refractivity contribution in [3.05, 3.63) is 90.3 Å². The number of fused-ring (bicyclic) bond motifs is 2. The van der Waals surface area contributed by atoms with Crippen LogP contribution in [0.3, 0.4) is 0 Å². The molecule has 6 heterocycles. The number of nitrogens with one attached hydrogen (secondary N) is 2. The van der Waals surface area contributed by atoms with Crippen molar-refractivity contribution in [1.82, 2.24) is 44.7 Å². The quantitative estimate of drug-likeness (QED) is 0.0703. The van der Waals surface area contributed by atoms with Crippen molar-refractivity contribution in [2.75, 3.05) is 103 Å². The number of nitrogen functional groups attached to an aromatic ring is 1. The summed E-state index contributed by atoms with van der Waals surface area (Å²) in [4.78, 5) is 92.6. The maximum atomic E-state index is 13.6. The molecule has 0 saturated carbocycles. The lowest BCUT2D eigenvalue weighted by Gasteiger charge is -2.35.